The van der Waals surface area contributed by atoms with Crippen molar-refractivity contribution in [1.82, 2.24) is 9.88 Å². The largest absolute Gasteiger partial charge is 0.494 e. The predicted molar refractivity (Wildman–Crippen MR) is 138 cm³/mol. The van der Waals surface area contributed by atoms with Gasteiger partial charge in [-0.15, -0.1) is 0 Å². The molecule has 0 atom stereocenters. The molecule has 1 saturated heterocycles. The molecule has 3 aromatic carbocycles. The summed E-state index contributed by atoms with van der Waals surface area (Å²) in [6.07, 6.45) is 1.63. The van der Waals surface area contributed by atoms with Gasteiger partial charge in [0, 0.05) is 65.8 Å². The SMILES string of the molecule is CN1CCN(c2ccc(N=Cc3c(O)[nH]c4ccc(C(=O)c5cccc(N)c5)cc34)cc2)CC1. The van der Waals surface area contributed by atoms with Gasteiger partial charge >= 0.3 is 0 Å². The number of aromatic nitrogens is 1. The topological polar surface area (TPSA) is 98.0 Å². The Bertz CT molecular complexity index is 1370. The van der Waals surface area contributed by atoms with Crippen molar-refractivity contribution in [3.8, 4) is 5.88 Å². The number of likely N-dealkylation sites (N-methyl/N-ethyl adjacent to an activating group) is 1. The summed E-state index contributed by atoms with van der Waals surface area (Å²) in [5, 5.41) is 11.2. The minimum absolute atomic E-state index is 0.0151. The van der Waals surface area contributed by atoms with Gasteiger partial charge in [-0.1, -0.05) is 12.1 Å². The minimum atomic E-state index is -0.128. The molecule has 0 bridgehead atoms. The van der Waals surface area contributed by atoms with Gasteiger partial charge in [-0.2, -0.15) is 0 Å². The van der Waals surface area contributed by atoms with Crippen LogP contribution in [0.25, 0.3) is 10.9 Å². The number of ketones is 1. The van der Waals surface area contributed by atoms with Crippen LogP contribution < -0.4 is 10.6 Å². The zero-order valence-electron chi connectivity index (χ0n) is 19.0. The summed E-state index contributed by atoms with van der Waals surface area (Å²) in [6.45, 7) is 4.14. The third-order valence-electron chi connectivity index (χ3n) is 6.29. The van der Waals surface area contributed by atoms with Crippen LogP contribution >= 0.6 is 0 Å². The quantitative estimate of drug-likeness (QED) is 0.239. The van der Waals surface area contributed by atoms with E-state index in [0.29, 0.717) is 22.4 Å². The molecule has 1 aromatic heterocycles. The number of rotatable bonds is 5. The van der Waals surface area contributed by atoms with E-state index in [1.165, 1.54) is 5.69 Å². The van der Waals surface area contributed by atoms with Gasteiger partial charge in [-0.25, -0.2) is 0 Å². The number of aromatic amines is 1. The molecular weight excluding hydrogens is 426 g/mol. The van der Waals surface area contributed by atoms with Crippen molar-refractivity contribution in [3.63, 3.8) is 0 Å². The Morgan fingerprint density at radius 3 is 2.47 bits per heavy atom. The number of fused-ring (bicyclic) bond motifs is 1. The highest BCUT2D eigenvalue weighted by Crippen LogP contribution is 2.29. The van der Waals surface area contributed by atoms with Crippen molar-refractivity contribution in [1.29, 1.82) is 0 Å². The highest BCUT2D eigenvalue weighted by atomic mass is 16.3. The first-order chi connectivity index (χ1) is 16.5. The number of hydrogen-bond donors (Lipinski definition) is 3. The number of carbonyl (C=O) groups is 1. The second-order valence-corrected chi connectivity index (χ2v) is 8.67. The monoisotopic (exact) mass is 453 g/mol. The average Bonchev–Trinajstić information content (AvgIpc) is 3.17. The van der Waals surface area contributed by atoms with E-state index in [-0.39, 0.29) is 11.7 Å². The van der Waals surface area contributed by atoms with Crippen LogP contribution in [0.2, 0.25) is 0 Å². The van der Waals surface area contributed by atoms with Crippen LogP contribution in [0.15, 0.2) is 71.7 Å². The second-order valence-electron chi connectivity index (χ2n) is 8.67. The number of nitrogens with two attached hydrogens (primary N) is 1. The number of H-pyrrole nitrogens is 1. The van der Waals surface area contributed by atoms with E-state index in [9.17, 15) is 9.90 Å². The summed E-state index contributed by atoms with van der Waals surface area (Å²) in [7, 11) is 2.14. The Morgan fingerprint density at radius 2 is 1.74 bits per heavy atom. The van der Waals surface area contributed by atoms with Crippen LogP contribution in [0.3, 0.4) is 0 Å². The van der Waals surface area contributed by atoms with Crippen molar-refractivity contribution in [2.75, 3.05) is 43.9 Å². The van der Waals surface area contributed by atoms with E-state index in [0.717, 1.165) is 42.8 Å². The van der Waals surface area contributed by atoms with E-state index in [1.54, 1.807) is 48.7 Å². The highest BCUT2D eigenvalue weighted by Gasteiger charge is 2.15. The fourth-order valence-corrected chi connectivity index (χ4v) is 4.27. The number of nitrogens with one attached hydrogen (secondary N) is 1. The molecule has 34 heavy (non-hydrogen) atoms. The van der Waals surface area contributed by atoms with E-state index in [4.69, 9.17) is 5.73 Å². The molecule has 7 nitrogen and oxygen atoms in total. The number of nitrogens with zero attached hydrogens (tertiary/aromatic N) is 3. The molecule has 0 radical (unpaired) electrons. The molecule has 4 N–H and O–H groups in total. The van der Waals surface area contributed by atoms with Gasteiger partial charge in [0.25, 0.3) is 0 Å². The smallest absolute Gasteiger partial charge is 0.198 e. The molecule has 0 saturated carbocycles. The van der Waals surface area contributed by atoms with Crippen LogP contribution in [0.4, 0.5) is 17.1 Å². The number of hydrogen-bond acceptors (Lipinski definition) is 6. The van der Waals surface area contributed by atoms with Crippen molar-refractivity contribution in [2.24, 2.45) is 4.99 Å². The van der Waals surface area contributed by atoms with E-state index >= 15 is 0 Å². The maximum atomic E-state index is 13.0. The second kappa shape index (κ2) is 9.03. The van der Waals surface area contributed by atoms with Gasteiger partial charge in [-0.3, -0.25) is 9.79 Å². The van der Waals surface area contributed by atoms with Crippen LogP contribution in [0.1, 0.15) is 21.5 Å². The molecule has 0 amide bonds. The van der Waals surface area contributed by atoms with Crippen LogP contribution in [0.5, 0.6) is 5.88 Å². The molecular formula is C27H27N5O2. The normalized spacial score (nSPS) is 14.8. The Balaban J connectivity index is 1.39. The van der Waals surface area contributed by atoms with Gasteiger partial charge in [0.05, 0.1) is 11.3 Å². The average molecular weight is 454 g/mol. The maximum Gasteiger partial charge on any atom is 0.198 e. The van der Waals surface area contributed by atoms with Crippen LogP contribution in [0, 0.1) is 0 Å². The lowest BCUT2D eigenvalue weighted by Crippen LogP contribution is -2.44. The third-order valence-corrected chi connectivity index (χ3v) is 6.29. The Labute approximate surface area is 198 Å². The van der Waals surface area contributed by atoms with Crippen LogP contribution in [-0.4, -0.2) is 60.2 Å². The first-order valence-corrected chi connectivity index (χ1v) is 11.3. The lowest BCUT2D eigenvalue weighted by Gasteiger charge is -2.34. The third kappa shape index (κ3) is 4.38. The van der Waals surface area contributed by atoms with Gasteiger partial charge in [0.1, 0.15) is 0 Å². The molecule has 4 aromatic rings. The lowest BCUT2D eigenvalue weighted by molar-refractivity contribution is 0.103. The highest BCUT2D eigenvalue weighted by molar-refractivity contribution is 6.12. The van der Waals surface area contributed by atoms with Gasteiger partial charge in [-0.05, 0) is 61.6 Å². The Kier molecular flexibility index (Phi) is 5.77. The zero-order valence-corrected chi connectivity index (χ0v) is 19.0. The first kappa shape index (κ1) is 21.7. The fourth-order valence-electron chi connectivity index (χ4n) is 4.27. The molecule has 2 heterocycles. The standard InChI is InChI=1S/C27H27N5O2/c1-31-11-13-32(14-12-31)22-8-6-21(7-9-22)29-17-24-23-16-19(5-10-25(23)30-27(24)34)26(33)18-3-2-4-20(28)15-18/h2-10,15-17,30,34H,11-14,28H2,1H3. The number of anilines is 2. The number of benzene rings is 3. The molecule has 7 heteroatoms. The number of aromatic hydroxyl groups is 1. The lowest BCUT2D eigenvalue weighted by atomic mass is 10.0. The number of aliphatic imine (C=N–C) groups is 1. The van der Waals surface area contributed by atoms with Crippen molar-refractivity contribution in [2.45, 2.75) is 0 Å². The summed E-state index contributed by atoms with van der Waals surface area (Å²) >= 11 is 0. The summed E-state index contributed by atoms with van der Waals surface area (Å²) < 4.78 is 0. The molecule has 1 fully saturated rings. The minimum Gasteiger partial charge on any atom is -0.494 e. The molecule has 5 rings (SSSR count). The van der Waals surface area contributed by atoms with Crippen LogP contribution in [-0.2, 0) is 0 Å². The number of piperazine rings is 1. The predicted octanol–water partition coefficient (Wildman–Crippen LogP) is 4.19. The molecule has 1 aliphatic heterocycles. The van der Waals surface area contributed by atoms with E-state index in [2.05, 4.69) is 39.0 Å². The van der Waals surface area contributed by atoms with Gasteiger partial charge in [0.2, 0.25) is 0 Å². The van der Waals surface area contributed by atoms with E-state index < -0.39 is 0 Å². The van der Waals surface area contributed by atoms with Crippen molar-refractivity contribution >= 4 is 40.0 Å². The van der Waals surface area contributed by atoms with E-state index in [1.807, 2.05) is 12.1 Å². The fraction of sp³-hybridized carbons (Fsp3) is 0.185. The van der Waals surface area contributed by atoms with Crippen molar-refractivity contribution in [3.05, 3.63) is 83.4 Å². The summed E-state index contributed by atoms with van der Waals surface area (Å²) in [5.41, 5.74) is 10.7. The number of carbonyl (C=O) groups excluding carboxylic acids is 1. The molecule has 172 valence electrons. The van der Waals surface area contributed by atoms with Crippen molar-refractivity contribution < 1.29 is 9.90 Å². The molecule has 0 spiro atoms. The Morgan fingerprint density at radius 1 is 1.00 bits per heavy atom. The zero-order chi connectivity index (χ0) is 23.7. The molecule has 1 aliphatic rings. The summed E-state index contributed by atoms with van der Waals surface area (Å²) in [4.78, 5) is 25.2. The van der Waals surface area contributed by atoms with Gasteiger partial charge < -0.3 is 25.6 Å². The molecule has 0 unspecified atom stereocenters. The summed E-state index contributed by atoms with van der Waals surface area (Å²) in [5.74, 6) is -0.112. The molecule has 0 aliphatic carbocycles. The Hall–Kier alpha value is -4.10. The van der Waals surface area contributed by atoms with Gasteiger partial charge in [0.15, 0.2) is 11.7 Å². The maximum absolute atomic E-state index is 13.0. The number of nitrogen functional groups attached to an aromatic ring is 1. The first-order valence-electron chi connectivity index (χ1n) is 11.3. The summed E-state index contributed by atoms with van der Waals surface area (Å²) in [6, 6.07) is 20.3.